The van der Waals surface area contributed by atoms with Crippen LogP contribution in [0.25, 0.3) is 0 Å². The number of benzene rings is 1. The summed E-state index contributed by atoms with van der Waals surface area (Å²) < 4.78 is 0. The smallest absolute Gasteiger partial charge is 0.220 e. The zero-order valence-corrected chi connectivity index (χ0v) is 10.6. The van der Waals surface area contributed by atoms with Crippen molar-refractivity contribution >= 4 is 5.91 Å². The van der Waals surface area contributed by atoms with Gasteiger partial charge >= 0.3 is 0 Å². The topological polar surface area (TPSA) is 49.3 Å². The molecule has 0 atom stereocenters. The number of rotatable bonds is 6. The molecule has 0 fully saturated rings. The highest BCUT2D eigenvalue weighted by Crippen LogP contribution is 2.10. The highest BCUT2D eigenvalue weighted by molar-refractivity contribution is 5.75. The van der Waals surface area contributed by atoms with Crippen molar-refractivity contribution in [3.8, 4) is 0 Å². The van der Waals surface area contributed by atoms with Gasteiger partial charge in [0.2, 0.25) is 5.91 Å². The van der Waals surface area contributed by atoms with Gasteiger partial charge in [0.1, 0.15) is 0 Å². The van der Waals surface area contributed by atoms with Crippen LogP contribution in [0.2, 0.25) is 0 Å². The lowest BCUT2D eigenvalue weighted by Crippen LogP contribution is -2.25. The van der Waals surface area contributed by atoms with Crippen molar-refractivity contribution in [2.75, 3.05) is 13.2 Å². The molecule has 1 amide bonds. The number of hydrogen-bond acceptors (Lipinski definition) is 2. The number of aliphatic hydroxyl groups excluding tert-OH is 1. The van der Waals surface area contributed by atoms with Crippen molar-refractivity contribution < 1.29 is 9.90 Å². The molecule has 0 saturated heterocycles. The van der Waals surface area contributed by atoms with Gasteiger partial charge in [-0.1, -0.05) is 23.8 Å². The number of amides is 1. The molecule has 3 nitrogen and oxygen atoms in total. The number of aryl methyl sites for hydroxylation is 2. The van der Waals surface area contributed by atoms with Crippen LogP contribution in [-0.4, -0.2) is 24.2 Å². The van der Waals surface area contributed by atoms with Crippen molar-refractivity contribution in [1.82, 2.24) is 5.32 Å². The Balaban J connectivity index is 2.33. The molecule has 0 saturated carbocycles. The van der Waals surface area contributed by atoms with Gasteiger partial charge in [-0.05, 0) is 37.8 Å². The monoisotopic (exact) mass is 235 g/mol. The van der Waals surface area contributed by atoms with Crippen LogP contribution in [0.3, 0.4) is 0 Å². The fourth-order valence-corrected chi connectivity index (χ4v) is 1.79. The number of carbonyl (C=O) groups is 1. The third-order valence-corrected chi connectivity index (χ3v) is 2.78. The van der Waals surface area contributed by atoms with E-state index in [-0.39, 0.29) is 12.5 Å². The van der Waals surface area contributed by atoms with Crippen molar-refractivity contribution in [3.05, 3.63) is 34.9 Å². The van der Waals surface area contributed by atoms with Gasteiger partial charge in [0.15, 0.2) is 0 Å². The Morgan fingerprint density at radius 2 is 2.12 bits per heavy atom. The minimum atomic E-state index is 0.0174. The highest BCUT2D eigenvalue weighted by atomic mass is 16.3. The van der Waals surface area contributed by atoms with Gasteiger partial charge in [-0.2, -0.15) is 0 Å². The van der Waals surface area contributed by atoms with E-state index in [1.807, 2.05) is 0 Å². The van der Waals surface area contributed by atoms with Gasteiger partial charge in [-0.25, -0.2) is 0 Å². The van der Waals surface area contributed by atoms with E-state index in [1.165, 1.54) is 16.7 Å². The largest absolute Gasteiger partial charge is 0.396 e. The van der Waals surface area contributed by atoms with Gasteiger partial charge in [-0.15, -0.1) is 0 Å². The van der Waals surface area contributed by atoms with E-state index in [0.717, 1.165) is 6.42 Å². The molecule has 0 unspecified atom stereocenters. The van der Waals surface area contributed by atoms with Gasteiger partial charge in [-0.3, -0.25) is 4.79 Å². The maximum Gasteiger partial charge on any atom is 0.220 e. The molecule has 3 heteroatoms. The fraction of sp³-hybridized carbons (Fsp3) is 0.500. The number of nitrogens with one attached hydrogen (secondary N) is 1. The maximum atomic E-state index is 11.3. The van der Waals surface area contributed by atoms with E-state index in [4.69, 9.17) is 5.11 Å². The average Bonchev–Trinajstić information content (AvgIpc) is 2.29. The fourth-order valence-electron chi connectivity index (χ4n) is 1.79. The summed E-state index contributed by atoms with van der Waals surface area (Å²) in [7, 11) is 0. The van der Waals surface area contributed by atoms with E-state index in [1.54, 1.807) is 0 Å². The molecule has 0 aliphatic heterocycles. The van der Waals surface area contributed by atoms with Gasteiger partial charge in [0.05, 0.1) is 0 Å². The molecule has 0 radical (unpaired) electrons. The van der Waals surface area contributed by atoms with Crippen LogP contribution in [0.15, 0.2) is 18.2 Å². The predicted octanol–water partition coefficient (Wildman–Crippen LogP) is 1.73. The molecule has 0 spiro atoms. The molecule has 0 bridgehead atoms. The van der Waals surface area contributed by atoms with E-state index < -0.39 is 0 Å². The maximum absolute atomic E-state index is 11.3. The Kier molecular flexibility index (Phi) is 5.70. The predicted molar refractivity (Wildman–Crippen MR) is 68.9 cm³/mol. The molecule has 1 rings (SSSR count). The second-order valence-corrected chi connectivity index (χ2v) is 4.36. The Morgan fingerprint density at radius 3 is 2.76 bits per heavy atom. The molecule has 2 N–H and O–H groups in total. The summed E-state index contributed by atoms with van der Waals surface area (Å²) in [6.45, 7) is 4.90. The third kappa shape index (κ3) is 5.00. The van der Waals surface area contributed by atoms with Crippen LogP contribution >= 0.6 is 0 Å². The third-order valence-electron chi connectivity index (χ3n) is 2.78. The van der Waals surface area contributed by atoms with E-state index in [2.05, 4.69) is 37.4 Å². The van der Waals surface area contributed by atoms with Crippen molar-refractivity contribution in [2.45, 2.75) is 33.1 Å². The lowest BCUT2D eigenvalue weighted by molar-refractivity contribution is -0.121. The molecule has 17 heavy (non-hydrogen) atoms. The van der Waals surface area contributed by atoms with Crippen LogP contribution in [0, 0.1) is 13.8 Å². The summed E-state index contributed by atoms with van der Waals surface area (Å²) in [6, 6.07) is 6.36. The zero-order chi connectivity index (χ0) is 12.7. The van der Waals surface area contributed by atoms with Gasteiger partial charge < -0.3 is 10.4 Å². The number of hydrogen-bond donors (Lipinski definition) is 2. The minimum Gasteiger partial charge on any atom is -0.396 e. The number of aliphatic hydroxyl groups is 1. The summed E-state index contributed by atoms with van der Waals surface area (Å²) in [5, 5.41) is 11.5. The quantitative estimate of drug-likeness (QED) is 0.789. The first kappa shape index (κ1) is 13.7. The lowest BCUT2D eigenvalue weighted by Gasteiger charge is -2.08. The van der Waals surface area contributed by atoms with Crippen LogP contribution in [-0.2, 0) is 11.2 Å². The van der Waals surface area contributed by atoms with Crippen molar-refractivity contribution in [1.29, 1.82) is 0 Å². The minimum absolute atomic E-state index is 0.0174. The van der Waals surface area contributed by atoms with Crippen molar-refractivity contribution in [3.63, 3.8) is 0 Å². The molecule has 0 aliphatic carbocycles. The van der Waals surface area contributed by atoms with Crippen LogP contribution in [0.1, 0.15) is 29.5 Å². The van der Waals surface area contributed by atoms with Crippen molar-refractivity contribution in [2.24, 2.45) is 0 Å². The average molecular weight is 235 g/mol. The highest BCUT2D eigenvalue weighted by Gasteiger charge is 2.02. The Bertz CT molecular complexity index is 374. The molecular weight excluding hydrogens is 214 g/mol. The first-order valence-corrected chi connectivity index (χ1v) is 6.07. The molecule has 0 heterocycles. The summed E-state index contributed by atoms with van der Waals surface area (Å²) in [5.74, 6) is 0.0174. The van der Waals surface area contributed by atoms with Crippen LogP contribution in [0.5, 0.6) is 0 Å². The summed E-state index contributed by atoms with van der Waals surface area (Å²) in [5.41, 5.74) is 3.81. The summed E-state index contributed by atoms with van der Waals surface area (Å²) in [4.78, 5) is 11.3. The SMILES string of the molecule is Cc1ccc(CCNC(=O)CCCO)c(C)c1. The molecular formula is C14H21NO2. The van der Waals surface area contributed by atoms with Gasteiger partial charge in [0.25, 0.3) is 0 Å². The standard InChI is InChI=1S/C14H21NO2/c1-11-5-6-13(12(2)10-11)7-8-15-14(17)4-3-9-16/h5-6,10,16H,3-4,7-9H2,1-2H3,(H,15,17). The molecule has 1 aromatic rings. The second-order valence-electron chi connectivity index (χ2n) is 4.36. The Morgan fingerprint density at radius 1 is 1.35 bits per heavy atom. The molecule has 94 valence electrons. The van der Waals surface area contributed by atoms with Crippen LogP contribution < -0.4 is 5.32 Å². The van der Waals surface area contributed by atoms with E-state index in [0.29, 0.717) is 19.4 Å². The van der Waals surface area contributed by atoms with E-state index >= 15 is 0 Å². The Labute approximate surface area is 103 Å². The molecule has 0 aromatic heterocycles. The van der Waals surface area contributed by atoms with Gasteiger partial charge in [0, 0.05) is 19.6 Å². The van der Waals surface area contributed by atoms with Crippen LogP contribution in [0.4, 0.5) is 0 Å². The molecule has 0 aliphatic rings. The zero-order valence-electron chi connectivity index (χ0n) is 10.6. The number of carbonyl (C=O) groups excluding carboxylic acids is 1. The molecule has 1 aromatic carbocycles. The first-order chi connectivity index (χ1) is 8.13. The second kappa shape index (κ2) is 7.07. The normalized spacial score (nSPS) is 10.3. The van der Waals surface area contributed by atoms with E-state index in [9.17, 15) is 4.79 Å². The summed E-state index contributed by atoms with van der Waals surface area (Å²) in [6.07, 6.45) is 1.80. The first-order valence-electron chi connectivity index (χ1n) is 6.07. The Hall–Kier alpha value is -1.35. The summed E-state index contributed by atoms with van der Waals surface area (Å²) >= 11 is 0. The lowest BCUT2D eigenvalue weighted by atomic mass is 10.0.